The Labute approximate surface area is 48.4 Å². The molecule has 2 rings (SSSR count). The van der Waals surface area contributed by atoms with Gasteiger partial charge < -0.3 is 0 Å². The topological polar surface area (TPSA) is 17.1 Å². The summed E-state index contributed by atoms with van der Waals surface area (Å²) in [5.41, 5.74) is 0. The van der Waals surface area contributed by atoms with Crippen molar-refractivity contribution in [2.75, 3.05) is 0 Å². The van der Waals surface area contributed by atoms with Crippen LogP contribution in [0.5, 0.6) is 0 Å². The van der Waals surface area contributed by atoms with Crippen molar-refractivity contribution in [1.29, 1.82) is 0 Å². The molecule has 0 aromatic carbocycles. The van der Waals surface area contributed by atoms with Gasteiger partial charge in [0.1, 0.15) is 0 Å². The molecule has 0 radical (unpaired) electrons. The van der Waals surface area contributed by atoms with Crippen LogP contribution in [0, 0.1) is 11.8 Å². The molecule has 0 spiro atoms. The molecule has 8 heavy (non-hydrogen) atoms. The molecule has 42 valence electrons. The number of rotatable bonds is 1. The number of allylic oxidation sites excluding steroid dienone is 2. The summed E-state index contributed by atoms with van der Waals surface area (Å²) < 4.78 is 0. The molecule has 1 saturated carbocycles. The van der Waals surface area contributed by atoms with Gasteiger partial charge in [-0.25, -0.2) is 0 Å². The normalized spacial score (nSPS) is 35.0. The summed E-state index contributed by atoms with van der Waals surface area (Å²) in [6.45, 7) is 0. The fourth-order valence-corrected chi connectivity index (χ4v) is 1.13. The van der Waals surface area contributed by atoms with Crippen molar-refractivity contribution in [1.82, 2.24) is 0 Å². The van der Waals surface area contributed by atoms with Crippen LogP contribution < -0.4 is 0 Å². The van der Waals surface area contributed by atoms with Crippen molar-refractivity contribution in [3.8, 4) is 0 Å². The highest BCUT2D eigenvalue weighted by Crippen LogP contribution is 2.40. The minimum absolute atomic E-state index is 0.343. The second kappa shape index (κ2) is 1.22. The molecule has 2 aliphatic rings. The van der Waals surface area contributed by atoms with Crippen molar-refractivity contribution in [3.63, 3.8) is 0 Å². The molecule has 1 heteroatoms. The first-order valence-electron chi connectivity index (χ1n) is 3.10. The van der Waals surface area contributed by atoms with Gasteiger partial charge >= 0.3 is 0 Å². The quantitative estimate of drug-likeness (QED) is 0.492. The molecule has 0 aliphatic heterocycles. The third kappa shape index (κ3) is 0.443. The predicted molar refractivity (Wildman–Crippen MR) is 30.4 cm³/mol. The molecular formula is C7H8O. The maximum Gasteiger partial charge on any atom is 0.162 e. The molecule has 0 amide bonds. The van der Waals surface area contributed by atoms with E-state index in [1.54, 1.807) is 6.08 Å². The highest BCUT2D eigenvalue weighted by atomic mass is 16.1. The van der Waals surface area contributed by atoms with E-state index in [4.69, 9.17) is 0 Å². The van der Waals surface area contributed by atoms with Crippen LogP contribution in [0.1, 0.15) is 12.8 Å². The van der Waals surface area contributed by atoms with Gasteiger partial charge in [-0.2, -0.15) is 0 Å². The average Bonchev–Trinajstić information content (AvgIpc) is 2.46. The summed E-state index contributed by atoms with van der Waals surface area (Å²) in [4.78, 5) is 10.6. The molecular weight excluding hydrogens is 100 g/mol. The number of hydrogen-bond acceptors (Lipinski definition) is 1. The van der Waals surface area contributed by atoms with E-state index in [1.807, 2.05) is 6.08 Å². The second-order valence-corrected chi connectivity index (χ2v) is 2.62. The van der Waals surface area contributed by atoms with Crippen molar-refractivity contribution in [3.05, 3.63) is 12.2 Å². The Morgan fingerprint density at radius 1 is 1.50 bits per heavy atom. The van der Waals surface area contributed by atoms with Crippen molar-refractivity contribution < 1.29 is 4.79 Å². The number of carbonyl (C=O) groups excluding carboxylic acids is 1. The molecule has 1 unspecified atom stereocenters. The molecule has 0 aromatic heterocycles. The van der Waals surface area contributed by atoms with Gasteiger partial charge in [-0.3, -0.25) is 4.79 Å². The first-order valence-corrected chi connectivity index (χ1v) is 3.10. The number of carbonyl (C=O) groups is 1. The molecule has 0 heterocycles. The van der Waals surface area contributed by atoms with E-state index in [2.05, 4.69) is 0 Å². The molecule has 0 aromatic rings. The average molecular weight is 108 g/mol. The molecule has 1 atom stereocenters. The third-order valence-electron chi connectivity index (χ3n) is 1.93. The third-order valence-corrected chi connectivity index (χ3v) is 1.93. The van der Waals surface area contributed by atoms with Gasteiger partial charge in [-0.1, -0.05) is 6.08 Å². The van der Waals surface area contributed by atoms with E-state index in [-0.39, 0.29) is 0 Å². The standard InChI is InChI=1S/C7H8O/c8-7-4-3-6(7)5-1-2-5/h3-6H,1-2H2. The van der Waals surface area contributed by atoms with Crippen molar-refractivity contribution in [2.45, 2.75) is 12.8 Å². The maximum atomic E-state index is 10.6. The Hall–Kier alpha value is -0.590. The van der Waals surface area contributed by atoms with Crippen molar-refractivity contribution in [2.24, 2.45) is 11.8 Å². The predicted octanol–water partition coefficient (Wildman–Crippen LogP) is 1.15. The first-order chi connectivity index (χ1) is 3.88. The number of ketones is 1. The van der Waals surface area contributed by atoms with E-state index >= 15 is 0 Å². The summed E-state index contributed by atoms with van der Waals surface area (Å²) in [5.74, 6) is 1.44. The van der Waals surface area contributed by atoms with Gasteiger partial charge in [-0.15, -0.1) is 0 Å². The minimum Gasteiger partial charge on any atom is -0.294 e. The summed E-state index contributed by atoms with van der Waals surface area (Å²) in [6.07, 6.45) is 6.27. The SMILES string of the molecule is O=C1C=CC1C1CC1. The Bertz CT molecular complexity index is 154. The summed E-state index contributed by atoms with van der Waals surface area (Å²) in [7, 11) is 0. The lowest BCUT2D eigenvalue weighted by atomic mass is 9.89. The van der Waals surface area contributed by atoms with Gasteiger partial charge in [0.25, 0.3) is 0 Å². The van der Waals surface area contributed by atoms with E-state index < -0.39 is 0 Å². The Morgan fingerprint density at radius 3 is 2.38 bits per heavy atom. The van der Waals surface area contributed by atoms with Crippen LogP contribution in [-0.4, -0.2) is 5.78 Å². The number of hydrogen-bond donors (Lipinski definition) is 0. The summed E-state index contributed by atoms with van der Waals surface area (Å²) >= 11 is 0. The molecule has 2 aliphatic carbocycles. The van der Waals surface area contributed by atoms with Crippen molar-refractivity contribution >= 4 is 5.78 Å². The lowest BCUT2D eigenvalue weighted by molar-refractivity contribution is -0.119. The first kappa shape index (κ1) is 4.30. The Morgan fingerprint density at radius 2 is 2.25 bits per heavy atom. The van der Waals surface area contributed by atoms with E-state index in [0.717, 1.165) is 5.92 Å². The summed E-state index contributed by atoms with van der Waals surface area (Å²) in [6, 6.07) is 0. The van der Waals surface area contributed by atoms with Crippen LogP contribution in [0.4, 0.5) is 0 Å². The fraction of sp³-hybridized carbons (Fsp3) is 0.571. The van der Waals surface area contributed by atoms with Crippen LogP contribution in [-0.2, 0) is 4.79 Å². The van der Waals surface area contributed by atoms with Crippen LogP contribution >= 0.6 is 0 Å². The largest absolute Gasteiger partial charge is 0.294 e. The monoisotopic (exact) mass is 108 g/mol. The Kier molecular flexibility index (Phi) is 0.655. The molecule has 0 bridgehead atoms. The lowest BCUT2D eigenvalue weighted by Crippen LogP contribution is -2.19. The smallest absolute Gasteiger partial charge is 0.162 e. The zero-order chi connectivity index (χ0) is 5.56. The van der Waals surface area contributed by atoms with Gasteiger partial charge in [0.2, 0.25) is 0 Å². The van der Waals surface area contributed by atoms with E-state index in [0.29, 0.717) is 11.7 Å². The molecule has 1 fully saturated rings. The summed E-state index contributed by atoms with van der Waals surface area (Å²) in [5, 5.41) is 0. The highest BCUT2D eigenvalue weighted by Gasteiger charge is 2.36. The molecule has 1 nitrogen and oxygen atoms in total. The van der Waals surface area contributed by atoms with E-state index in [1.165, 1.54) is 12.8 Å². The molecule has 0 saturated heterocycles. The fourth-order valence-electron chi connectivity index (χ4n) is 1.13. The Balaban J connectivity index is 2.08. The maximum absolute atomic E-state index is 10.6. The van der Waals surface area contributed by atoms with Crippen LogP contribution in [0.3, 0.4) is 0 Å². The van der Waals surface area contributed by atoms with E-state index in [9.17, 15) is 4.79 Å². The van der Waals surface area contributed by atoms with Crippen LogP contribution in [0.2, 0.25) is 0 Å². The lowest BCUT2D eigenvalue weighted by Gasteiger charge is -2.13. The van der Waals surface area contributed by atoms with Crippen LogP contribution in [0.25, 0.3) is 0 Å². The minimum atomic E-state index is 0.343. The zero-order valence-electron chi connectivity index (χ0n) is 4.63. The van der Waals surface area contributed by atoms with Gasteiger partial charge in [0.15, 0.2) is 5.78 Å². The highest BCUT2D eigenvalue weighted by molar-refractivity contribution is 5.99. The van der Waals surface area contributed by atoms with Gasteiger partial charge in [-0.05, 0) is 24.8 Å². The van der Waals surface area contributed by atoms with Gasteiger partial charge in [0, 0.05) is 5.92 Å². The second-order valence-electron chi connectivity index (χ2n) is 2.62. The molecule has 0 N–H and O–H groups in total. The van der Waals surface area contributed by atoms with Gasteiger partial charge in [0.05, 0.1) is 0 Å². The zero-order valence-corrected chi connectivity index (χ0v) is 4.63. The van der Waals surface area contributed by atoms with Crippen LogP contribution in [0.15, 0.2) is 12.2 Å².